The van der Waals surface area contributed by atoms with E-state index < -0.39 is 0 Å². The SMILES string of the molecule is CCOc1c2c(cc3ccccc13)C(=O)C1=C(CC(C(C)=O)CC1)C2=O. The van der Waals surface area contributed by atoms with E-state index in [4.69, 9.17) is 4.74 Å². The van der Waals surface area contributed by atoms with E-state index in [1.807, 2.05) is 31.2 Å². The van der Waals surface area contributed by atoms with Crippen molar-refractivity contribution in [1.29, 1.82) is 0 Å². The second-order valence-electron chi connectivity index (χ2n) is 6.95. The molecule has 0 bridgehead atoms. The van der Waals surface area contributed by atoms with Gasteiger partial charge in [-0.25, -0.2) is 0 Å². The van der Waals surface area contributed by atoms with Gasteiger partial charge in [0.05, 0.1) is 12.2 Å². The smallest absolute Gasteiger partial charge is 0.193 e. The van der Waals surface area contributed by atoms with E-state index in [9.17, 15) is 14.4 Å². The Kier molecular flexibility index (Phi) is 3.98. The summed E-state index contributed by atoms with van der Waals surface area (Å²) in [6, 6.07) is 9.42. The molecule has 2 aromatic carbocycles. The summed E-state index contributed by atoms with van der Waals surface area (Å²) >= 11 is 0. The Morgan fingerprint density at radius 3 is 2.65 bits per heavy atom. The number of fused-ring (bicyclic) bond motifs is 2. The van der Waals surface area contributed by atoms with Crippen LogP contribution >= 0.6 is 0 Å². The first-order chi connectivity index (χ1) is 12.5. The minimum absolute atomic E-state index is 0.0751. The van der Waals surface area contributed by atoms with Crippen LogP contribution in [-0.4, -0.2) is 24.0 Å². The van der Waals surface area contributed by atoms with Gasteiger partial charge in [0, 0.05) is 28.0 Å². The molecule has 0 saturated carbocycles. The quantitative estimate of drug-likeness (QED) is 0.829. The number of ketones is 3. The predicted octanol–water partition coefficient (Wildman–Crippen LogP) is 4.30. The van der Waals surface area contributed by atoms with E-state index in [1.165, 1.54) is 0 Å². The average molecular weight is 348 g/mol. The largest absolute Gasteiger partial charge is 0.492 e. The molecule has 26 heavy (non-hydrogen) atoms. The number of ether oxygens (including phenoxy) is 1. The van der Waals surface area contributed by atoms with Gasteiger partial charge in [-0.05, 0) is 44.6 Å². The molecule has 4 nitrogen and oxygen atoms in total. The number of carbonyl (C=O) groups excluding carboxylic acids is 3. The van der Waals surface area contributed by atoms with Crippen LogP contribution in [0.1, 0.15) is 53.8 Å². The zero-order chi connectivity index (χ0) is 18.4. The summed E-state index contributed by atoms with van der Waals surface area (Å²) in [6.45, 7) is 3.82. The topological polar surface area (TPSA) is 60.4 Å². The highest BCUT2D eigenvalue weighted by molar-refractivity contribution is 6.30. The van der Waals surface area contributed by atoms with Gasteiger partial charge >= 0.3 is 0 Å². The van der Waals surface area contributed by atoms with Crippen molar-refractivity contribution in [2.24, 2.45) is 5.92 Å². The molecule has 132 valence electrons. The zero-order valence-corrected chi connectivity index (χ0v) is 14.9. The Morgan fingerprint density at radius 2 is 1.92 bits per heavy atom. The molecule has 0 N–H and O–H groups in total. The maximum absolute atomic E-state index is 13.3. The van der Waals surface area contributed by atoms with Crippen LogP contribution in [0.25, 0.3) is 10.8 Å². The molecule has 2 aromatic rings. The molecule has 4 heteroatoms. The summed E-state index contributed by atoms with van der Waals surface area (Å²) in [5, 5.41) is 1.72. The first kappa shape index (κ1) is 16.7. The molecule has 2 aliphatic rings. The van der Waals surface area contributed by atoms with Crippen LogP contribution in [0.15, 0.2) is 41.5 Å². The summed E-state index contributed by atoms with van der Waals surface area (Å²) in [5.74, 6) is 0.127. The lowest BCUT2D eigenvalue weighted by Gasteiger charge is -2.29. The van der Waals surface area contributed by atoms with Crippen molar-refractivity contribution in [3.63, 3.8) is 0 Å². The van der Waals surface area contributed by atoms with E-state index in [-0.39, 0.29) is 23.3 Å². The summed E-state index contributed by atoms with van der Waals surface area (Å²) in [4.78, 5) is 38.2. The van der Waals surface area contributed by atoms with Crippen LogP contribution in [0.3, 0.4) is 0 Å². The number of carbonyl (C=O) groups is 3. The van der Waals surface area contributed by atoms with Crippen LogP contribution < -0.4 is 4.74 Å². The highest BCUT2D eigenvalue weighted by Gasteiger charge is 2.39. The Labute approximate surface area is 151 Å². The number of benzene rings is 2. The third-order valence-corrected chi connectivity index (χ3v) is 5.44. The summed E-state index contributed by atoms with van der Waals surface area (Å²) < 4.78 is 5.83. The fourth-order valence-electron chi connectivity index (χ4n) is 4.09. The second kappa shape index (κ2) is 6.20. The summed E-state index contributed by atoms with van der Waals surface area (Å²) in [6.07, 6.45) is 1.47. The Hall–Kier alpha value is -2.75. The first-order valence-corrected chi connectivity index (χ1v) is 9.03. The van der Waals surface area contributed by atoms with Crippen LogP contribution in [0.2, 0.25) is 0 Å². The lowest BCUT2D eigenvalue weighted by atomic mass is 9.72. The standard InChI is InChI=1S/C22H20O4/c1-3-26-22-15-7-5-4-6-14(15)11-18-19(22)21(25)17-10-13(12(2)23)8-9-16(17)20(18)24/h4-7,11,13H,3,8-10H2,1-2H3. The zero-order valence-electron chi connectivity index (χ0n) is 14.9. The van der Waals surface area contributed by atoms with Crippen LogP contribution in [0.5, 0.6) is 5.75 Å². The highest BCUT2D eigenvalue weighted by atomic mass is 16.5. The molecule has 0 heterocycles. The maximum Gasteiger partial charge on any atom is 0.193 e. The molecule has 0 saturated heterocycles. The molecular weight excluding hydrogens is 328 g/mol. The van der Waals surface area contributed by atoms with Crippen molar-refractivity contribution in [1.82, 2.24) is 0 Å². The van der Waals surface area contributed by atoms with Crippen molar-refractivity contribution in [2.45, 2.75) is 33.1 Å². The maximum atomic E-state index is 13.3. The molecule has 1 unspecified atom stereocenters. The Morgan fingerprint density at radius 1 is 1.15 bits per heavy atom. The van der Waals surface area contributed by atoms with Crippen LogP contribution in [0, 0.1) is 5.92 Å². The van der Waals surface area contributed by atoms with E-state index in [0.29, 0.717) is 53.9 Å². The van der Waals surface area contributed by atoms with Gasteiger partial charge < -0.3 is 4.74 Å². The second-order valence-corrected chi connectivity index (χ2v) is 6.95. The van der Waals surface area contributed by atoms with Gasteiger partial charge in [0.1, 0.15) is 11.5 Å². The molecule has 0 radical (unpaired) electrons. The van der Waals surface area contributed by atoms with Crippen molar-refractivity contribution in [3.05, 3.63) is 52.6 Å². The number of Topliss-reactive ketones (excluding diaryl/α,β-unsaturated/α-hetero) is 3. The summed E-state index contributed by atoms with van der Waals surface area (Å²) in [7, 11) is 0. The monoisotopic (exact) mass is 348 g/mol. The van der Waals surface area contributed by atoms with E-state index in [0.717, 1.165) is 10.8 Å². The number of allylic oxidation sites excluding steroid dienone is 2. The van der Waals surface area contributed by atoms with E-state index >= 15 is 0 Å². The van der Waals surface area contributed by atoms with E-state index in [1.54, 1.807) is 13.0 Å². The third-order valence-electron chi connectivity index (χ3n) is 5.44. The van der Waals surface area contributed by atoms with Crippen molar-refractivity contribution < 1.29 is 19.1 Å². The molecule has 0 aromatic heterocycles. The van der Waals surface area contributed by atoms with Crippen LogP contribution in [-0.2, 0) is 4.79 Å². The molecule has 1 atom stereocenters. The number of hydrogen-bond acceptors (Lipinski definition) is 4. The van der Waals surface area contributed by atoms with E-state index in [2.05, 4.69) is 0 Å². The van der Waals surface area contributed by atoms with Gasteiger partial charge in [-0.1, -0.05) is 24.3 Å². The highest BCUT2D eigenvalue weighted by Crippen LogP contribution is 2.43. The van der Waals surface area contributed by atoms with Gasteiger partial charge in [0.2, 0.25) is 0 Å². The Balaban J connectivity index is 1.95. The number of rotatable bonds is 3. The molecule has 0 amide bonds. The molecule has 4 rings (SSSR count). The van der Waals surface area contributed by atoms with Crippen molar-refractivity contribution in [3.8, 4) is 5.75 Å². The van der Waals surface area contributed by atoms with Gasteiger partial charge in [0.25, 0.3) is 0 Å². The van der Waals surface area contributed by atoms with Crippen molar-refractivity contribution >= 4 is 28.1 Å². The molecule has 0 fully saturated rings. The minimum atomic E-state index is -0.178. The fraction of sp³-hybridized carbons (Fsp3) is 0.318. The van der Waals surface area contributed by atoms with Crippen molar-refractivity contribution in [2.75, 3.05) is 6.61 Å². The minimum Gasteiger partial charge on any atom is -0.492 e. The molecule has 2 aliphatic carbocycles. The normalized spacial score (nSPS) is 19.4. The third kappa shape index (κ3) is 2.40. The first-order valence-electron chi connectivity index (χ1n) is 9.03. The lowest BCUT2D eigenvalue weighted by Crippen LogP contribution is -2.29. The molecular formula is C22H20O4. The van der Waals surface area contributed by atoms with Gasteiger partial charge in [-0.2, -0.15) is 0 Å². The van der Waals surface area contributed by atoms with Crippen LogP contribution in [0.4, 0.5) is 0 Å². The molecule has 0 aliphatic heterocycles. The van der Waals surface area contributed by atoms with Gasteiger partial charge in [-0.3, -0.25) is 14.4 Å². The summed E-state index contributed by atoms with van der Waals surface area (Å²) in [5.41, 5.74) is 1.87. The average Bonchev–Trinajstić information content (AvgIpc) is 2.65. The lowest BCUT2D eigenvalue weighted by molar-refractivity contribution is -0.121. The predicted molar refractivity (Wildman–Crippen MR) is 98.8 cm³/mol. The Bertz CT molecular complexity index is 997. The number of hydrogen-bond donors (Lipinski definition) is 0. The fourth-order valence-corrected chi connectivity index (χ4v) is 4.09. The van der Waals surface area contributed by atoms with Gasteiger partial charge in [-0.15, -0.1) is 0 Å². The molecule has 0 spiro atoms. The van der Waals surface area contributed by atoms with Gasteiger partial charge in [0.15, 0.2) is 11.6 Å².